The quantitative estimate of drug-likeness (QED) is 0.699. The number of carbonyl (C=O) groups excluding carboxylic acids is 1. The predicted molar refractivity (Wildman–Crippen MR) is 51.9 cm³/mol. The first kappa shape index (κ1) is 9.62. The molecule has 15 heavy (non-hydrogen) atoms. The maximum Gasteiger partial charge on any atom is 0.229 e. The first-order valence-electron chi connectivity index (χ1n) is 4.55. The maximum atomic E-state index is 11.4. The Morgan fingerprint density at radius 3 is 2.87 bits per heavy atom. The number of aromatic nitrogens is 1. The lowest BCUT2D eigenvalue weighted by Gasteiger charge is -2.14. The molecule has 0 spiro atoms. The van der Waals surface area contributed by atoms with Crippen LogP contribution < -0.4 is 4.90 Å². The lowest BCUT2D eigenvalue weighted by atomic mass is 10.3. The molecule has 5 heteroatoms. The van der Waals surface area contributed by atoms with Crippen LogP contribution in [0.4, 0.5) is 5.69 Å². The van der Waals surface area contributed by atoms with E-state index in [0.29, 0.717) is 17.9 Å². The van der Waals surface area contributed by atoms with Gasteiger partial charge in [0.15, 0.2) is 0 Å². The molecule has 1 N–H and O–H groups in total. The van der Waals surface area contributed by atoms with Crippen LogP contribution in [0.3, 0.4) is 0 Å². The highest BCUT2D eigenvalue weighted by Gasteiger charge is 2.29. The second-order valence-corrected chi connectivity index (χ2v) is 3.38. The van der Waals surface area contributed by atoms with Gasteiger partial charge in [0.1, 0.15) is 11.8 Å². The van der Waals surface area contributed by atoms with E-state index in [9.17, 15) is 9.90 Å². The molecular formula is C10H9N3O2. The number of aliphatic hydroxyl groups is 1. The van der Waals surface area contributed by atoms with Crippen LogP contribution >= 0.6 is 0 Å². The third-order valence-corrected chi connectivity index (χ3v) is 2.28. The van der Waals surface area contributed by atoms with Crippen molar-refractivity contribution < 1.29 is 9.90 Å². The average Bonchev–Trinajstić information content (AvgIpc) is 2.58. The normalized spacial score (nSPS) is 20.4. The Bertz CT molecular complexity index is 421. The minimum Gasteiger partial charge on any atom is -0.391 e. The molecule has 1 aromatic rings. The summed E-state index contributed by atoms with van der Waals surface area (Å²) in [5.41, 5.74) is 0.932. The minimum atomic E-state index is -0.604. The summed E-state index contributed by atoms with van der Waals surface area (Å²) >= 11 is 0. The molecule has 0 saturated carbocycles. The molecule has 2 heterocycles. The highest BCUT2D eigenvalue weighted by molar-refractivity contribution is 5.95. The molecule has 1 atom stereocenters. The van der Waals surface area contributed by atoms with Gasteiger partial charge in [0.05, 0.1) is 31.0 Å². The number of anilines is 1. The van der Waals surface area contributed by atoms with Crippen LogP contribution in [0.15, 0.2) is 18.3 Å². The zero-order valence-corrected chi connectivity index (χ0v) is 7.92. The molecule has 1 fully saturated rings. The first-order chi connectivity index (χ1) is 7.20. The maximum absolute atomic E-state index is 11.4. The molecule has 0 radical (unpaired) electrons. The standard InChI is InChI=1S/C10H9N3O2/c11-4-7-1-2-8(5-12-7)13-6-9(14)3-10(13)15/h1-2,5,9,14H,3,6H2. The number of nitrogens with zero attached hydrogens (tertiary/aromatic N) is 3. The fourth-order valence-corrected chi connectivity index (χ4v) is 1.55. The van der Waals surface area contributed by atoms with Gasteiger partial charge in [0.25, 0.3) is 0 Å². The molecule has 0 bridgehead atoms. The highest BCUT2D eigenvalue weighted by atomic mass is 16.3. The monoisotopic (exact) mass is 203 g/mol. The smallest absolute Gasteiger partial charge is 0.229 e. The third-order valence-electron chi connectivity index (χ3n) is 2.28. The van der Waals surface area contributed by atoms with Crippen molar-refractivity contribution >= 4 is 11.6 Å². The van der Waals surface area contributed by atoms with E-state index in [1.807, 2.05) is 6.07 Å². The number of β-amino-alcohol motifs (C(OH)–C–C–N with tert-alkyl or cyclic N) is 1. The van der Waals surface area contributed by atoms with Gasteiger partial charge in [-0.3, -0.25) is 4.79 Å². The fraction of sp³-hybridized carbons (Fsp3) is 0.300. The Balaban J connectivity index is 2.23. The van der Waals surface area contributed by atoms with Gasteiger partial charge in [-0.05, 0) is 12.1 Å². The van der Waals surface area contributed by atoms with Crippen LogP contribution in [-0.4, -0.2) is 28.6 Å². The van der Waals surface area contributed by atoms with Crippen molar-refractivity contribution in [2.45, 2.75) is 12.5 Å². The first-order valence-corrected chi connectivity index (χ1v) is 4.55. The number of hydrogen-bond acceptors (Lipinski definition) is 4. The van der Waals surface area contributed by atoms with Crippen LogP contribution in [0, 0.1) is 11.3 Å². The summed E-state index contributed by atoms with van der Waals surface area (Å²) in [6, 6.07) is 5.10. The van der Waals surface area contributed by atoms with Crippen molar-refractivity contribution in [3.63, 3.8) is 0 Å². The minimum absolute atomic E-state index is 0.117. The summed E-state index contributed by atoms with van der Waals surface area (Å²) in [5, 5.41) is 17.9. The van der Waals surface area contributed by atoms with Crippen molar-refractivity contribution in [3.8, 4) is 6.07 Å². The summed E-state index contributed by atoms with van der Waals surface area (Å²) in [7, 11) is 0. The van der Waals surface area contributed by atoms with E-state index in [1.54, 1.807) is 12.1 Å². The molecule has 0 aromatic carbocycles. The van der Waals surface area contributed by atoms with Gasteiger partial charge in [-0.1, -0.05) is 0 Å². The van der Waals surface area contributed by atoms with Crippen molar-refractivity contribution in [1.82, 2.24) is 4.98 Å². The number of aliphatic hydroxyl groups excluding tert-OH is 1. The average molecular weight is 203 g/mol. The Hall–Kier alpha value is -1.93. The predicted octanol–water partition coefficient (Wildman–Crippen LogP) is 0.0509. The molecular weight excluding hydrogens is 194 g/mol. The molecule has 1 saturated heterocycles. The van der Waals surface area contributed by atoms with Crippen molar-refractivity contribution in [3.05, 3.63) is 24.0 Å². The summed E-state index contributed by atoms with van der Waals surface area (Å²) < 4.78 is 0. The summed E-state index contributed by atoms with van der Waals surface area (Å²) in [4.78, 5) is 16.7. The summed E-state index contributed by atoms with van der Waals surface area (Å²) in [5.74, 6) is -0.117. The molecule has 5 nitrogen and oxygen atoms in total. The van der Waals surface area contributed by atoms with Crippen LogP contribution in [0.25, 0.3) is 0 Å². The number of nitriles is 1. The van der Waals surface area contributed by atoms with Crippen LogP contribution in [0.2, 0.25) is 0 Å². The van der Waals surface area contributed by atoms with Crippen LogP contribution in [0.5, 0.6) is 0 Å². The highest BCUT2D eigenvalue weighted by Crippen LogP contribution is 2.20. The number of carbonyl (C=O) groups is 1. The van der Waals surface area contributed by atoms with Crippen LogP contribution in [0.1, 0.15) is 12.1 Å². The fourth-order valence-electron chi connectivity index (χ4n) is 1.55. The molecule has 1 unspecified atom stereocenters. The van der Waals surface area contributed by atoms with Gasteiger partial charge in [0.2, 0.25) is 5.91 Å². The molecule has 1 aliphatic heterocycles. The van der Waals surface area contributed by atoms with Gasteiger partial charge in [-0.15, -0.1) is 0 Å². The van der Waals surface area contributed by atoms with Crippen molar-refractivity contribution in [2.24, 2.45) is 0 Å². The molecule has 76 valence electrons. The van der Waals surface area contributed by atoms with E-state index in [0.717, 1.165) is 0 Å². The van der Waals surface area contributed by atoms with Gasteiger partial charge >= 0.3 is 0 Å². The van der Waals surface area contributed by atoms with E-state index >= 15 is 0 Å². The Morgan fingerprint density at radius 1 is 1.60 bits per heavy atom. The van der Waals surface area contributed by atoms with E-state index in [-0.39, 0.29) is 12.3 Å². The number of rotatable bonds is 1. The number of amides is 1. The molecule has 1 amide bonds. The Morgan fingerprint density at radius 2 is 2.40 bits per heavy atom. The Labute approximate surface area is 86.6 Å². The third kappa shape index (κ3) is 1.80. The second-order valence-electron chi connectivity index (χ2n) is 3.38. The summed E-state index contributed by atoms with van der Waals surface area (Å²) in [6.07, 6.45) is 1.02. The molecule has 1 aliphatic rings. The molecule has 1 aromatic heterocycles. The van der Waals surface area contributed by atoms with Crippen molar-refractivity contribution in [1.29, 1.82) is 5.26 Å². The Kier molecular flexibility index (Phi) is 2.35. The van der Waals surface area contributed by atoms with E-state index in [2.05, 4.69) is 4.98 Å². The zero-order chi connectivity index (χ0) is 10.8. The van der Waals surface area contributed by atoms with Crippen LogP contribution in [-0.2, 0) is 4.79 Å². The lowest BCUT2D eigenvalue weighted by molar-refractivity contribution is -0.117. The zero-order valence-electron chi connectivity index (χ0n) is 7.92. The lowest BCUT2D eigenvalue weighted by Crippen LogP contribution is -2.25. The van der Waals surface area contributed by atoms with Gasteiger partial charge in [-0.25, -0.2) is 4.98 Å². The molecule has 2 rings (SSSR count). The van der Waals surface area contributed by atoms with Gasteiger partial charge in [-0.2, -0.15) is 5.26 Å². The molecule has 0 aliphatic carbocycles. The topological polar surface area (TPSA) is 77.2 Å². The van der Waals surface area contributed by atoms with E-state index < -0.39 is 6.10 Å². The van der Waals surface area contributed by atoms with Gasteiger partial charge < -0.3 is 10.0 Å². The number of hydrogen-bond donors (Lipinski definition) is 1. The van der Waals surface area contributed by atoms with E-state index in [1.165, 1.54) is 11.1 Å². The second kappa shape index (κ2) is 3.67. The largest absolute Gasteiger partial charge is 0.391 e. The number of pyridine rings is 1. The van der Waals surface area contributed by atoms with Crippen molar-refractivity contribution in [2.75, 3.05) is 11.4 Å². The SMILES string of the molecule is N#Cc1ccc(N2CC(O)CC2=O)cn1. The van der Waals surface area contributed by atoms with Gasteiger partial charge in [0, 0.05) is 0 Å². The summed E-state index contributed by atoms with van der Waals surface area (Å²) in [6.45, 7) is 0.298. The van der Waals surface area contributed by atoms with E-state index in [4.69, 9.17) is 5.26 Å².